The fourth-order valence-corrected chi connectivity index (χ4v) is 3.81. The highest BCUT2D eigenvalue weighted by molar-refractivity contribution is 6.03. The zero-order valence-electron chi connectivity index (χ0n) is 19.1. The molecule has 1 amide bonds. The average molecular weight is 479 g/mol. The third-order valence-electron chi connectivity index (χ3n) is 5.46. The number of carbonyl (C=O) groups excluding carboxylic acids is 2. The van der Waals surface area contributed by atoms with E-state index in [0.717, 1.165) is 17.7 Å². The summed E-state index contributed by atoms with van der Waals surface area (Å²) in [7, 11) is 0. The molecule has 10 heteroatoms. The Morgan fingerprint density at radius 3 is 2.31 bits per heavy atom. The van der Waals surface area contributed by atoms with Gasteiger partial charge in [0.25, 0.3) is 5.91 Å². The summed E-state index contributed by atoms with van der Waals surface area (Å²) in [5.41, 5.74) is 13.1. The van der Waals surface area contributed by atoms with E-state index in [1.54, 1.807) is 24.3 Å². The average Bonchev–Trinajstić information content (AvgIpc) is 3.38. The molecule has 0 fully saturated rings. The number of rotatable bonds is 8. The summed E-state index contributed by atoms with van der Waals surface area (Å²) in [4.78, 5) is 24.5. The molecule has 2 heterocycles. The summed E-state index contributed by atoms with van der Waals surface area (Å²) in [6.07, 6.45) is 0.00158. The lowest BCUT2D eigenvalue weighted by molar-refractivity contribution is -0.118. The number of carbonyl (C=O) groups is 2. The van der Waals surface area contributed by atoms with Crippen molar-refractivity contribution in [2.24, 2.45) is 5.73 Å². The van der Waals surface area contributed by atoms with E-state index < -0.39 is 17.5 Å². The van der Waals surface area contributed by atoms with Crippen LogP contribution in [0, 0.1) is 11.6 Å². The van der Waals surface area contributed by atoms with Crippen LogP contribution in [0.25, 0.3) is 22.5 Å². The van der Waals surface area contributed by atoms with E-state index in [0.29, 0.717) is 11.3 Å². The van der Waals surface area contributed by atoms with Gasteiger partial charge in [-0.05, 0) is 31.5 Å². The molecule has 4 rings (SSSR count). The Morgan fingerprint density at radius 1 is 1.06 bits per heavy atom. The van der Waals surface area contributed by atoms with Crippen molar-refractivity contribution in [2.45, 2.75) is 32.7 Å². The molecule has 0 aliphatic rings. The van der Waals surface area contributed by atoms with Crippen LogP contribution in [0.1, 0.15) is 41.6 Å². The van der Waals surface area contributed by atoms with Crippen LogP contribution in [0.5, 0.6) is 0 Å². The highest BCUT2D eigenvalue weighted by Crippen LogP contribution is 2.29. The second-order valence-corrected chi connectivity index (χ2v) is 8.38. The number of hydrogen-bond donors (Lipinski definition) is 2. The number of anilines is 1. The second kappa shape index (κ2) is 9.49. The van der Waals surface area contributed by atoms with Gasteiger partial charge in [0.1, 0.15) is 45.9 Å². The normalized spacial score (nSPS) is 11.2. The molecule has 0 aliphatic carbocycles. The Bertz CT molecular complexity index is 1390. The molecule has 0 unspecified atom stereocenters. The highest BCUT2D eigenvalue weighted by atomic mass is 19.1. The topological polar surface area (TPSA) is 130 Å². The standard InChI is InChI=1S/C25H23F2N5O3/c1-13(2)32-24(28)22(25(29)34)23(30-32)15-8-6-14(7-9-15)10-16(33)11-17-12-20(31-35-17)21-18(26)4-3-5-19(21)27/h3-9,12-13H,10-11,28H2,1-2H3,(H2,29,34). The van der Waals surface area contributed by atoms with Crippen molar-refractivity contribution in [2.75, 3.05) is 5.73 Å². The van der Waals surface area contributed by atoms with Gasteiger partial charge in [-0.25, -0.2) is 13.5 Å². The Hall–Kier alpha value is -4.34. The molecule has 8 nitrogen and oxygen atoms in total. The Balaban J connectivity index is 1.48. The molecule has 4 aromatic rings. The van der Waals surface area contributed by atoms with Gasteiger partial charge in [-0.1, -0.05) is 35.5 Å². The van der Waals surface area contributed by atoms with Crippen molar-refractivity contribution in [1.29, 1.82) is 0 Å². The monoisotopic (exact) mass is 479 g/mol. The predicted octanol–water partition coefficient (Wildman–Crippen LogP) is 4.10. The van der Waals surface area contributed by atoms with Crippen molar-refractivity contribution in [3.05, 3.63) is 77.1 Å². The van der Waals surface area contributed by atoms with Gasteiger partial charge >= 0.3 is 0 Å². The quantitative estimate of drug-likeness (QED) is 0.391. The zero-order chi connectivity index (χ0) is 25.3. The minimum Gasteiger partial charge on any atom is -0.383 e. The number of amides is 1. The summed E-state index contributed by atoms with van der Waals surface area (Å²) < 4.78 is 34.6. The van der Waals surface area contributed by atoms with Gasteiger partial charge in [-0.3, -0.25) is 9.59 Å². The largest absolute Gasteiger partial charge is 0.383 e. The molecule has 0 radical (unpaired) electrons. The maximum Gasteiger partial charge on any atom is 0.254 e. The smallest absolute Gasteiger partial charge is 0.254 e. The molecular weight excluding hydrogens is 456 g/mol. The minimum atomic E-state index is -0.768. The minimum absolute atomic E-state index is 0.0156. The summed E-state index contributed by atoms with van der Waals surface area (Å²) in [6.45, 7) is 3.77. The van der Waals surface area contributed by atoms with Crippen LogP contribution in [0.2, 0.25) is 0 Å². The summed E-state index contributed by atoms with van der Waals surface area (Å²) in [5, 5.41) is 8.13. The van der Waals surface area contributed by atoms with Crippen LogP contribution in [0.3, 0.4) is 0 Å². The Labute approximate surface area is 199 Å². The van der Waals surface area contributed by atoms with Crippen molar-refractivity contribution >= 4 is 17.5 Å². The van der Waals surface area contributed by atoms with E-state index in [1.807, 2.05) is 13.8 Å². The van der Waals surface area contributed by atoms with Gasteiger partial charge in [0.05, 0.1) is 12.0 Å². The van der Waals surface area contributed by atoms with Crippen LogP contribution in [-0.2, 0) is 17.6 Å². The summed E-state index contributed by atoms with van der Waals surface area (Å²) >= 11 is 0. The van der Waals surface area contributed by atoms with Crippen LogP contribution in [0.4, 0.5) is 14.6 Å². The van der Waals surface area contributed by atoms with E-state index in [2.05, 4.69) is 10.3 Å². The Morgan fingerprint density at radius 2 is 1.71 bits per heavy atom. The van der Waals surface area contributed by atoms with Crippen molar-refractivity contribution < 1.29 is 22.9 Å². The lowest BCUT2D eigenvalue weighted by Gasteiger charge is -2.06. The van der Waals surface area contributed by atoms with Crippen LogP contribution in [0.15, 0.2) is 53.1 Å². The van der Waals surface area contributed by atoms with Crippen molar-refractivity contribution in [3.8, 4) is 22.5 Å². The molecule has 0 bridgehead atoms. The van der Waals surface area contributed by atoms with Gasteiger partial charge in [0.15, 0.2) is 0 Å². The highest BCUT2D eigenvalue weighted by Gasteiger charge is 2.23. The number of nitrogens with two attached hydrogens (primary N) is 2. The van der Waals surface area contributed by atoms with Gasteiger partial charge in [0.2, 0.25) is 0 Å². The molecule has 2 aromatic heterocycles. The fraction of sp³-hybridized carbons (Fsp3) is 0.200. The Kier molecular flexibility index (Phi) is 6.46. The zero-order valence-corrected chi connectivity index (χ0v) is 19.1. The van der Waals surface area contributed by atoms with Gasteiger partial charge in [0, 0.05) is 24.1 Å². The number of nitrogen functional groups attached to an aromatic ring is 1. The van der Waals surface area contributed by atoms with E-state index in [-0.39, 0.29) is 53.1 Å². The molecule has 35 heavy (non-hydrogen) atoms. The molecule has 0 spiro atoms. The maximum atomic E-state index is 14.0. The van der Waals surface area contributed by atoms with Crippen LogP contribution >= 0.6 is 0 Å². The molecule has 0 saturated heterocycles. The van der Waals surface area contributed by atoms with E-state index in [9.17, 15) is 18.4 Å². The first-order chi connectivity index (χ1) is 16.7. The number of benzene rings is 2. The SMILES string of the molecule is CC(C)n1nc(-c2ccc(CC(=O)Cc3cc(-c4c(F)cccc4F)no3)cc2)c(C(N)=O)c1N. The molecule has 0 saturated carbocycles. The first kappa shape index (κ1) is 23.8. The third-order valence-corrected chi connectivity index (χ3v) is 5.46. The predicted molar refractivity (Wildman–Crippen MR) is 125 cm³/mol. The lowest BCUT2D eigenvalue weighted by atomic mass is 10.0. The van der Waals surface area contributed by atoms with Gasteiger partial charge in [-0.15, -0.1) is 0 Å². The van der Waals surface area contributed by atoms with Crippen LogP contribution < -0.4 is 11.5 Å². The maximum absolute atomic E-state index is 14.0. The van der Waals surface area contributed by atoms with Gasteiger partial charge in [-0.2, -0.15) is 5.10 Å². The third kappa shape index (κ3) is 4.81. The lowest BCUT2D eigenvalue weighted by Crippen LogP contribution is -2.15. The van der Waals surface area contributed by atoms with Gasteiger partial charge < -0.3 is 16.0 Å². The number of nitrogens with zero attached hydrogens (tertiary/aromatic N) is 3. The number of hydrogen-bond acceptors (Lipinski definition) is 6. The molecule has 0 atom stereocenters. The number of primary amides is 1. The van der Waals surface area contributed by atoms with E-state index in [4.69, 9.17) is 16.0 Å². The number of halogens is 2. The molecule has 180 valence electrons. The second-order valence-electron chi connectivity index (χ2n) is 8.38. The number of aromatic nitrogens is 3. The number of Topliss-reactive ketones (excluding diaryl/α,β-unsaturated/α-hetero) is 1. The first-order valence-corrected chi connectivity index (χ1v) is 10.8. The van der Waals surface area contributed by atoms with Crippen molar-refractivity contribution in [1.82, 2.24) is 14.9 Å². The summed E-state index contributed by atoms with van der Waals surface area (Å²) in [6, 6.07) is 11.7. The van der Waals surface area contributed by atoms with E-state index >= 15 is 0 Å². The first-order valence-electron chi connectivity index (χ1n) is 10.8. The molecule has 0 aliphatic heterocycles. The van der Waals surface area contributed by atoms with Crippen LogP contribution in [-0.4, -0.2) is 26.6 Å². The molecule has 2 aromatic carbocycles. The number of ketones is 1. The van der Waals surface area contributed by atoms with E-state index in [1.165, 1.54) is 16.8 Å². The van der Waals surface area contributed by atoms with Crippen molar-refractivity contribution in [3.63, 3.8) is 0 Å². The molecular formula is C25H23F2N5O3. The summed E-state index contributed by atoms with van der Waals surface area (Å²) in [5.74, 6) is -1.99. The molecule has 4 N–H and O–H groups in total. The fourth-order valence-electron chi connectivity index (χ4n) is 3.81.